The summed E-state index contributed by atoms with van der Waals surface area (Å²) >= 11 is 1.22. The van der Waals surface area contributed by atoms with Gasteiger partial charge in [-0.3, -0.25) is 0 Å². The minimum atomic E-state index is -3.58. The van der Waals surface area contributed by atoms with Crippen LogP contribution in [0.2, 0.25) is 0 Å². The van der Waals surface area contributed by atoms with Gasteiger partial charge in [-0.05, 0) is 42.5 Å². The summed E-state index contributed by atoms with van der Waals surface area (Å²) in [5.41, 5.74) is 7.25. The van der Waals surface area contributed by atoms with Crippen LogP contribution in [0.4, 0.5) is 22.0 Å². The summed E-state index contributed by atoms with van der Waals surface area (Å²) in [5.74, 6) is 0.547. The minimum Gasteiger partial charge on any atom is -0.431 e. The Morgan fingerprint density at radius 3 is 2.56 bits per heavy atom. The number of thioether (sulfide) groups is 1. The molecule has 2 heterocycles. The van der Waals surface area contributed by atoms with Gasteiger partial charge in [0.25, 0.3) is 5.22 Å². The van der Waals surface area contributed by atoms with E-state index in [4.69, 9.17) is 10.2 Å². The number of nitrogens with one attached hydrogen (secondary N) is 1. The molecule has 0 radical (unpaired) electrons. The number of anilines is 3. The SMILES string of the molecule is CN(C)S(=O)(=O)c1ccc2oc(SCc3nc(N)nc(Nc4ccc(F)cc4)n3)nc2c1. The zero-order valence-corrected chi connectivity index (χ0v) is 18.6. The lowest BCUT2D eigenvalue weighted by molar-refractivity contribution is 0.489. The van der Waals surface area contributed by atoms with Crippen molar-refractivity contribution < 1.29 is 17.2 Å². The zero-order valence-electron chi connectivity index (χ0n) is 17.0. The first kappa shape index (κ1) is 21.9. The average Bonchev–Trinajstić information content (AvgIpc) is 3.15. The molecular formula is C19H18FN7O3S2. The van der Waals surface area contributed by atoms with Crippen LogP contribution in [0.3, 0.4) is 0 Å². The van der Waals surface area contributed by atoms with E-state index in [1.165, 1.54) is 50.1 Å². The number of halogens is 1. The van der Waals surface area contributed by atoms with Gasteiger partial charge in [-0.1, -0.05) is 11.8 Å². The van der Waals surface area contributed by atoms with Crippen LogP contribution >= 0.6 is 11.8 Å². The summed E-state index contributed by atoms with van der Waals surface area (Å²) in [4.78, 5) is 16.9. The lowest BCUT2D eigenvalue weighted by atomic mass is 10.3. The van der Waals surface area contributed by atoms with Gasteiger partial charge in [-0.2, -0.15) is 15.0 Å². The van der Waals surface area contributed by atoms with Crippen molar-refractivity contribution in [3.05, 3.63) is 54.1 Å². The maximum atomic E-state index is 13.1. The molecule has 0 fully saturated rings. The van der Waals surface area contributed by atoms with E-state index in [9.17, 15) is 12.8 Å². The number of sulfonamides is 1. The number of benzene rings is 2. The number of nitrogen functional groups attached to an aromatic ring is 1. The topological polar surface area (TPSA) is 140 Å². The molecule has 166 valence electrons. The highest BCUT2D eigenvalue weighted by Gasteiger charge is 2.19. The molecule has 13 heteroatoms. The number of nitrogens with two attached hydrogens (primary N) is 1. The molecule has 0 bridgehead atoms. The number of fused-ring (bicyclic) bond motifs is 1. The summed E-state index contributed by atoms with van der Waals surface area (Å²) in [6.07, 6.45) is 0. The molecule has 4 rings (SSSR count). The van der Waals surface area contributed by atoms with Crippen LogP contribution in [-0.4, -0.2) is 46.8 Å². The molecular weight excluding hydrogens is 457 g/mol. The highest BCUT2D eigenvalue weighted by Crippen LogP contribution is 2.28. The number of rotatable bonds is 7. The molecule has 0 spiro atoms. The molecule has 4 aromatic rings. The van der Waals surface area contributed by atoms with Gasteiger partial charge in [0.05, 0.1) is 10.6 Å². The predicted molar refractivity (Wildman–Crippen MR) is 118 cm³/mol. The van der Waals surface area contributed by atoms with Crippen LogP contribution < -0.4 is 11.1 Å². The van der Waals surface area contributed by atoms with Crippen molar-refractivity contribution in [3.63, 3.8) is 0 Å². The van der Waals surface area contributed by atoms with Gasteiger partial charge in [-0.15, -0.1) is 0 Å². The van der Waals surface area contributed by atoms with Crippen LogP contribution in [-0.2, 0) is 15.8 Å². The maximum absolute atomic E-state index is 13.1. The first-order chi connectivity index (χ1) is 15.2. The third kappa shape index (κ3) is 4.79. The fourth-order valence-electron chi connectivity index (χ4n) is 2.67. The van der Waals surface area contributed by atoms with Crippen molar-refractivity contribution in [2.24, 2.45) is 0 Å². The Morgan fingerprint density at radius 1 is 1.09 bits per heavy atom. The zero-order chi connectivity index (χ0) is 22.9. The van der Waals surface area contributed by atoms with Crippen molar-refractivity contribution >= 4 is 50.5 Å². The fraction of sp³-hybridized carbons (Fsp3) is 0.158. The molecule has 0 unspecified atom stereocenters. The highest BCUT2D eigenvalue weighted by molar-refractivity contribution is 7.98. The van der Waals surface area contributed by atoms with Gasteiger partial charge in [0.15, 0.2) is 5.58 Å². The van der Waals surface area contributed by atoms with Crippen molar-refractivity contribution in [3.8, 4) is 0 Å². The Balaban J connectivity index is 1.50. The number of nitrogens with zero attached hydrogens (tertiary/aromatic N) is 5. The van der Waals surface area contributed by atoms with Gasteiger partial charge < -0.3 is 15.5 Å². The minimum absolute atomic E-state index is 0.0244. The molecule has 32 heavy (non-hydrogen) atoms. The molecule has 0 amide bonds. The lowest BCUT2D eigenvalue weighted by Gasteiger charge is -2.10. The van der Waals surface area contributed by atoms with Crippen LogP contribution in [0, 0.1) is 5.82 Å². The van der Waals surface area contributed by atoms with E-state index < -0.39 is 10.0 Å². The van der Waals surface area contributed by atoms with Gasteiger partial charge >= 0.3 is 0 Å². The van der Waals surface area contributed by atoms with Gasteiger partial charge in [0, 0.05) is 19.8 Å². The van der Waals surface area contributed by atoms with Crippen molar-refractivity contribution in [2.75, 3.05) is 25.1 Å². The number of aromatic nitrogens is 4. The Bertz CT molecular complexity index is 1380. The number of oxazole rings is 1. The summed E-state index contributed by atoms with van der Waals surface area (Å²) in [6.45, 7) is 0. The Hall–Kier alpha value is -3.29. The Kier molecular flexibility index (Phi) is 5.95. The Labute approximate surface area is 187 Å². The van der Waals surface area contributed by atoms with E-state index in [-0.39, 0.29) is 28.4 Å². The summed E-state index contributed by atoms with van der Waals surface area (Å²) < 4.78 is 44.5. The molecule has 2 aromatic carbocycles. The fourth-order valence-corrected chi connectivity index (χ4v) is 4.28. The van der Waals surface area contributed by atoms with Crippen LogP contribution in [0.15, 0.2) is 57.0 Å². The van der Waals surface area contributed by atoms with Crippen LogP contribution in [0.5, 0.6) is 0 Å². The quantitative estimate of drug-likeness (QED) is 0.383. The summed E-state index contributed by atoms with van der Waals surface area (Å²) in [6, 6.07) is 10.2. The third-order valence-corrected chi connectivity index (χ3v) is 6.88. The predicted octanol–water partition coefficient (Wildman–Crippen LogP) is 3.02. The monoisotopic (exact) mass is 475 g/mol. The molecule has 2 aromatic heterocycles. The molecule has 3 N–H and O–H groups in total. The number of hydrogen-bond acceptors (Lipinski definition) is 10. The van der Waals surface area contributed by atoms with Crippen molar-refractivity contribution in [1.82, 2.24) is 24.2 Å². The lowest BCUT2D eigenvalue weighted by Crippen LogP contribution is -2.22. The largest absolute Gasteiger partial charge is 0.431 e. The maximum Gasteiger partial charge on any atom is 0.257 e. The van der Waals surface area contributed by atoms with Gasteiger partial charge in [0.2, 0.25) is 21.9 Å². The molecule has 0 aliphatic carbocycles. The second-order valence-corrected chi connectivity index (χ2v) is 9.83. The third-order valence-electron chi connectivity index (χ3n) is 4.24. The number of hydrogen-bond donors (Lipinski definition) is 2. The second kappa shape index (κ2) is 8.68. The van der Waals surface area contributed by atoms with Gasteiger partial charge in [0.1, 0.15) is 17.2 Å². The summed E-state index contributed by atoms with van der Waals surface area (Å²) in [7, 11) is -0.653. The molecule has 0 aliphatic rings. The summed E-state index contributed by atoms with van der Waals surface area (Å²) in [5, 5.41) is 3.27. The Morgan fingerprint density at radius 2 is 1.84 bits per heavy atom. The average molecular weight is 476 g/mol. The molecule has 10 nitrogen and oxygen atoms in total. The van der Waals surface area contributed by atoms with E-state index in [0.29, 0.717) is 27.8 Å². The van der Waals surface area contributed by atoms with E-state index in [1.54, 1.807) is 18.2 Å². The smallest absolute Gasteiger partial charge is 0.257 e. The molecule has 0 atom stereocenters. The van der Waals surface area contributed by atoms with E-state index >= 15 is 0 Å². The van der Waals surface area contributed by atoms with Gasteiger partial charge in [-0.25, -0.2) is 22.1 Å². The van der Waals surface area contributed by atoms with Crippen LogP contribution in [0.1, 0.15) is 5.82 Å². The molecule has 0 aliphatic heterocycles. The van der Waals surface area contributed by atoms with E-state index in [1.807, 2.05) is 0 Å². The van der Waals surface area contributed by atoms with E-state index in [2.05, 4.69) is 25.3 Å². The standard InChI is InChI=1S/C19H18FN7O3S2/c1-27(2)32(28,29)13-7-8-15-14(9-13)23-19(30-15)31-10-16-24-17(21)26-18(25-16)22-12-5-3-11(20)4-6-12/h3-9H,10H2,1-2H3,(H3,21,22,24,25,26). The van der Waals surface area contributed by atoms with Crippen molar-refractivity contribution in [2.45, 2.75) is 15.9 Å². The second-order valence-electron chi connectivity index (χ2n) is 6.75. The first-order valence-electron chi connectivity index (χ1n) is 9.19. The van der Waals surface area contributed by atoms with Crippen LogP contribution in [0.25, 0.3) is 11.1 Å². The highest BCUT2D eigenvalue weighted by atomic mass is 32.2. The molecule has 0 saturated carbocycles. The normalized spacial score (nSPS) is 11.9. The first-order valence-corrected chi connectivity index (χ1v) is 11.6. The van der Waals surface area contributed by atoms with E-state index in [0.717, 1.165) is 4.31 Å². The molecule has 0 saturated heterocycles. The van der Waals surface area contributed by atoms with Crippen molar-refractivity contribution in [1.29, 1.82) is 0 Å².